The molecular formula is C15H23N3OS. The van der Waals surface area contributed by atoms with E-state index in [1.54, 1.807) is 23.5 Å². The smallest absolute Gasteiger partial charge is 0.244 e. The van der Waals surface area contributed by atoms with Crippen molar-refractivity contribution in [1.82, 2.24) is 15.2 Å². The van der Waals surface area contributed by atoms with Crippen molar-refractivity contribution < 1.29 is 4.79 Å². The Balaban J connectivity index is 1.72. The summed E-state index contributed by atoms with van der Waals surface area (Å²) < 4.78 is 0. The molecule has 4 nitrogen and oxygen atoms in total. The van der Waals surface area contributed by atoms with Gasteiger partial charge in [0.2, 0.25) is 5.91 Å². The third-order valence-corrected chi connectivity index (χ3v) is 4.45. The van der Waals surface area contributed by atoms with Crippen LogP contribution >= 0.6 is 11.3 Å². The number of hydrogen-bond acceptors (Lipinski definition) is 4. The lowest BCUT2D eigenvalue weighted by atomic mass is 10.1. The van der Waals surface area contributed by atoms with Gasteiger partial charge in [0.05, 0.1) is 10.7 Å². The lowest BCUT2D eigenvalue weighted by Gasteiger charge is -2.20. The Labute approximate surface area is 124 Å². The Morgan fingerprint density at radius 3 is 3.05 bits per heavy atom. The van der Waals surface area contributed by atoms with Gasteiger partial charge in [-0.15, -0.1) is 11.3 Å². The van der Waals surface area contributed by atoms with E-state index in [1.165, 1.54) is 6.42 Å². The third kappa shape index (κ3) is 4.42. The quantitative estimate of drug-likeness (QED) is 0.847. The van der Waals surface area contributed by atoms with Gasteiger partial charge >= 0.3 is 0 Å². The Morgan fingerprint density at radius 1 is 1.65 bits per heavy atom. The molecule has 0 radical (unpaired) electrons. The molecule has 1 aromatic heterocycles. The Kier molecular flexibility index (Phi) is 5.31. The van der Waals surface area contributed by atoms with Gasteiger partial charge in [-0.25, -0.2) is 4.98 Å². The molecule has 1 aliphatic heterocycles. The van der Waals surface area contributed by atoms with Crippen LogP contribution in [-0.4, -0.2) is 41.5 Å². The summed E-state index contributed by atoms with van der Waals surface area (Å²) in [6.07, 6.45) is 4.52. The minimum Gasteiger partial charge on any atom is -0.352 e. The number of nitrogens with zero attached hydrogens (tertiary/aromatic N) is 2. The summed E-state index contributed by atoms with van der Waals surface area (Å²) in [6.45, 7) is 9.41. The zero-order valence-corrected chi connectivity index (χ0v) is 13.2. The highest BCUT2D eigenvalue weighted by Crippen LogP contribution is 2.17. The molecule has 0 aliphatic carbocycles. The summed E-state index contributed by atoms with van der Waals surface area (Å²) >= 11 is 1.59. The van der Waals surface area contributed by atoms with Crippen LogP contribution in [-0.2, 0) is 4.79 Å². The number of aromatic nitrogens is 1. The molecule has 1 atom stereocenters. The maximum atomic E-state index is 11.8. The van der Waals surface area contributed by atoms with E-state index in [-0.39, 0.29) is 5.91 Å². The SMILES string of the molecule is Cc1nc(/C=C/C(=O)NCC2CCN(C(C)C)C2)cs1. The van der Waals surface area contributed by atoms with Crippen molar-refractivity contribution in [2.45, 2.75) is 33.2 Å². The molecule has 20 heavy (non-hydrogen) atoms. The van der Waals surface area contributed by atoms with Crippen LogP contribution in [0, 0.1) is 12.8 Å². The normalized spacial score (nSPS) is 20.1. The van der Waals surface area contributed by atoms with E-state index in [9.17, 15) is 4.79 Å². The van der Waals surface area contributed by atoms with Crippen molar-refractivity contribution in [3.8, 4) is 0 Å². The molecule has 0 bridgehead atoms. The van der Waals surface area contributed by atoms with Gasteiger partial charge in [0.25, 0.3) is 0 Å². The van der Waals surface area contributed by atoms with E-state index in [4.69, 9.17) is 0 Å². The fourth-order valence-electron chi connectivity index (χ4n) is 2.42. The third-order valence-electron chi connectivity index (χ3n) is 3.65. The highest BCUT2D eigenvalue weighted by Gasteiger charge is 2.23. The van der Waals surface area contributed by atoms with Gasteiger partial charge in [0.1, 0.15) is 0 Å². The fraction of sp³-hybridized carbons (Fsp3) is 0.600. The summed E-state index contributed by atoms with van der Waals surface area (Å²) in [7, 11) is 0. The molecule has 2 rings (SSSR count). The molecule has 1 fully saturated rings. The highest BCUT2D eigenvalue weighted by atomic mass is 32.1. The van der Waals surface area contributed by atoms with E-state index in [0.717, 1.165) is 30.3 Å². The zero-order valence-electron chi connectivity index (χ0n) is 12.4. The molecule has 0 aromatic carbocycles. The van der Waals surface area contributed by atoms with E-state index >= 15 is 0 Å². The van der Waals surface area contributed by atoms with Crippen LogP contribution in [0.3, 0.4) is 0 Å². The number of thiazole rings is 1. The number of aryl methyl sites for hydroxylation is 1. The van der Waals surface area contributed by atoms with Crippen LogP contribution in [0.5, 0.6) is 0 Å². The lowest BCUT2D eigenvalue weighted by Crippen LogP contribution is -2.32. The molecule has 0 saturated carbocycles. The Morgan fingerprint density at radius 2 is 2.45 bits per heavy atom. The predicted octanol–water partition coefficient (Wildman–Crippen LogP) is 2.31. The van der Waals surface area contributed by atoms with Gasteiger partial charge in [-0.2, -0.15) is 0 Å². The van der Waals surface area contributed by atoms with Crippen molar-refractivity contribution in [3.05, 3.63) is 22.2 Å². The Bertz CT molecular complexity index is 481. The van der Waals surface area contributed by atoms with Gasteiger partial charge in [-0.1, -0.05) is 0 Å². The van der Waals surface area contributed by atoms with Crippen molar-refractivity contribution in [1.29, 1.82) is 0 Å². The van der Waals surface area contributed by atoms with Gasteiger partial charge in [0, 0.05) is 30.6 Å². The van der Waals surface area contributed by atoms with Crippen LogP contribution in [0.25, 0.3) is 6.08 Å². The Hall–Kier alpha value is -1.20. The second kappa shape index (κ2) is 6.99. The molecule has 1 unspecified atom stereocenters. The zero-order chi connectivity index (χ0) is 14.5. The summed E-state index contributed by atoms with van der Waals surface area (Å²) in [4.78, 5) is 18.5. The molecule has 1 N–H and O–H groups in total. The number of carbonyl (C=O) groups excluding carboxylic acids is 1. The first-order chi connectivity index (χ1) is 9.54. The first kappa shape index (κ1) is 15.2. The maximum Gasteiger partial charge on any atom is 0.244 e. The summed E-state index contributed by atoms with van der Waals surface area (Å²) in [6, 6.07) is 0.600. The standard InChI is InChI=1S/C15H23N3OS/c1-11(2)18-7-6-13(9-18)8-16-15(19)5-4-14-10-20-12(3)17-14/h4-5,10-11,13H,6-9H2,1-3H3,(H,16,19)/b5-4+. The van der Waals surface area contributed by atoms with E-state index in [2.05, 4.69) is 29.0 Å². The van der Waals surface area contributed by atoms with Gasteiger partial charge in [-0.3, -0.25) is 4.79 Å². The number of nitrogens with one attached hydrogen (secondary N) is 1. The maximum absolute atomic E-state index is 11.8. The topological polar surface area (TPSA) is 45.2 Å². The van der Waals surface area contributed by atoms with Crippen molar-refractivity contribution in [2.75, 3.05) is 19.6 Å². The van der Waals surface area contributed by atoms with Gasteiger partial charge in [0.15, 0.2) is 0 Å². The average Bonchev–Trinajstić information content (AvgIpc) is 3.03. The fourth-order valence-corrected chi connectivity index (χ4v) is 3.00. The number of likely N-dealkylation sites (tertiary alicyclic amines) is 1. The molecule has 0 spiro atoms. The van der Waals surface area contributed by atoms with E-state index in [0.29, 0.717) is 12.0 Å². The van der Waals surface area contributed by atoms with Crippen LogP contribution in [0.1, 0.15) is 31.0 Å². The van der Waals surface area contributed by atoms with E-state index in [1.807, 2.05) is 12.3 Å². The molecule has 5 heteroatoms. The van der Waals surface area contributed by atoms with Crippen LogP contribution in [0.2, 0.25) is 0 Å². The molecule has 1 aliphatic rings. The minimum absolute atomic E-state index is 0.0290. The largest absolute Gasteiger partial charge is 0.352 e. The minimum atomic E-state index is -0.0290. The van der Waals surface area contributed by atoms with Crippen molar-refractivity contribution >= 4 is 23.3 Å². The first-order valence-corrected chi connectivity index (χ1v) is 8.04. The van der Waals surface area contributed by atoms with Crippen LogP contribution < -0.4 is 5.32 Å². The second-order valence-corrected chi connectivity index (χ2v) is 6.68. The summed E-state index contributed by atoms with van der Waals surface area (Å²) in [5, 5.41) is 5.96. The number of hydrogen-bond donors (Lipinski definition) is 1. The van der Waals surface area contributed by atoms with Gasteiger partial charge in [-0.05, 0) is 45.7 Å². The molecule has 2 heterocycles. The average molecular weight is 293 g/mol. The number of amides is 1. The molecule has 1 amide bonds. The molecule has 1 aromatic rings. The summed E-state index contributed by atoms with van der Waals surface area (Å²) in [5.41, 5.74) is 0.856. The van der Waals surface area contributed by atoms with Crippen molar-refractivity contribution in [2.24, 2.45) is 5.92 Å². The molecule has 1 saturated heterocycles. The van der Waals surface area contributed by atoms with E-state index < -0.39 is 0 Å². The molecule has 110 valence electrons. The van der Waals surface area contributed by atoms with Gasteiger partial charge < -0.3 is 10.2 Å². The first-order valence-electron chi connectivity index (χ1n) is 7.16. The summed E-state index contributed by atoms with van der Waals surface area (Å²) in [5.74, 6) is 0.551. The number of carbonyl (C=O) groups is 1. The lowest BCUT2D eigenvalue weighted by molar-refractivity contribution is -0.116. The van der Waals surface area contributed by atoms with Crippen LogP contribution in [0.4, 0.5) is 0 Å². The predicted molar refractivity (Wildman–Crippen MR) is 83.7 cm³/mol. The monoisotopic (exact) mass is 293 g/mol. The second-order valence-electron chi connectivity index (χ2n) is 5.61. The molecular weight excluding hydrogens is 270 g/mol. The highest BCUT2D eigenvalue weighted by molar-refractivity contribution is 7.09. The van der Waals surface area contributed by atoms with Crippen LogP contribution in [0.15, 0.2) is 11.5 Å². The number of rotatable bonds is 5. The van der Waals surface area contributed by atoms with Crippen molar-refractivity contribution in [3.63, 3.8) is 0 Å².